The molecule has 0 atom stereocenters. The normalized spacial score (nSPS) is 10.1. The van der Waals surface area contributed by atoms with Crippen LogP contribution in [0.15, 0.2) is 376 Å². The molecule has 0 amide bonds. The van der Waals surface area contributed by atoms with Crippen LogP contribution >= 0.6 is 0 Å². The quantitative estimate of drug-likeness (QED) is 0.0720. The van der Waals surface area contributed by atoms with Gasteiger partial charge in [-0.05, 0) is 235 Å². The molecule has 0 fully saturated rings. The maximum absolute atomic E-state index is 14.7. The number of hydrogen-bond donors (Lipinski definition) is 0. The largest absolute Gasteiger partial charge is 0.235 e. The van der Waals surface area contributed by atoms with Gasteiger partial charge in [-0.3, -0.25) is 0 Å². The van der Waals surface area contributed by atoms with E-state index in [-0.39, 0.29) is 56.3 Å². The van der Waals surface area contributed by atoms with Crippen LogP contribution < -0.4 is 0 Å². The Morgan fingerprint density at radius 3 is 0.908 bits per heavy atom. The number of nitrogens with zero attached hydrogens (tertiary/aromatic N) is 10. The van der Waals surface area contributed by atoms with E-state index in [0.29, 0.717) is 27.8 Å². The van der Waals surface area contributed by atoms with Crippen molar-refractivity contribution in [3.05, 3.63) is 496 Å². The van der Waals surface area contributed by atoms with Crippen LogP contribution in [0.4, 0.5) is 50.4 Å². The Hall–Kier alpha value is -19.4. The zero-order valence-electron chi connectivity index (χ0n) is 69.2. The number of benzene rings is 18. The highest BCUT2D eigenvalue weighted by molar-refractivity contribution is 6.02. The van der Waals surface area contributed by atoms with E-state index in [1.807, 2.05) is 267 Å². The van der Waals surface area contributed by atoms with Crippen LogP contribution in [-0.4, -0.2) is 0 Å². The zero-order valence-corrected chi connectivity index (χ0v) is 69.2. The fourth-order valence-electron chi connectivity index (χ4n) is 15.2. The van der Waals surface area contributed by atoms with E-state index < -0.39 is 29.1 Å². The summed E-state index contributed by atoms with van der Waals surface area (Å²) in [7, 11) is 0. The second kappa shape index (κ2) is 41.2. The molecule has 0 aliphatic rings. The highest BCUT2D eigenvalue weighted by Gasteiger charge is 2.24. The van der Waals surface area contributed by atoms with Crippen LogP contribution in [0.25, 0.3) is 168 Å². The van der Waals surface area contributed by atoms with E-state index in [1.165, 1.54) is 48.5 Å². The Bertz CT molecular complexity index is 7660. The Labute approximate surface area is 754 Å². The van der Waals surface area contributed by atoms with Crippen LogP contribution in [0.1, 0.15) is 33.4 Å². The lowest BCUT2D eigenvalue weighted by molar-refractivity contribution is 0.629. The molecule has 15 heteroatoms. The summed E-state index contributed by atoms with van der Waals surface area (Å²) >= 11 is 0. The first-order valence-corrected chi connectivity index (χ1v) is 40.3. The topological polar surface area (TPSA) is 141 Å². The van der Waals surface area contributed by atoms with Gasteiger partial charge in [-0.2, -0.15) is 26.3 Å². The van der Waals surface area contributed by atoms with Crippen molar-refractivity contribution < 1.29 is 22.0 Å². The fourth-order valence-corrected chi connectivity index (χ4v) is 15.2. The predicted octanol–water partition coefficient (Wildman–Crippen LogP) is 31.9. The molecule has 131 heavy (non-hydrogen) atoms. The molecule has 0 radical (unpaired) electrons. The SMILES string of the molecule is [C-]#[N+]c1cc(-c2c(-c3ccccc3)cc(-c3ccccc3)cc2-c2ccccc2)cc(C#N)c1F.[C-]#[N+]c1cc(-c2c(-c3ccccc3)cccc2-c2ccccc2)cc(C#N)c1F.[C-]#[N+]c1cc(-c2ccc(C#C)cc2)cc(C#N)c1F.[C-]#[N+]c1cc(-c2ccc3ccccc3c2)cc(C#N)c1F.[C-]#[N+]c1cc(-c2ccccc2-c2cccc3ccccc23)cc(C#N)c1F. The average molecular weight is 1690 g/mol. The Morgan fingerprint density at radius 2 is 0.489 bits per heavy atom. The molecule has 0 aliphatic carbocycles. The third kappa shape index (κ3) is 19.5. The molecule has 10 nitrogen and oxygen atoms in total. The molecule has 18 aromatic carbocycles. The number of nitriles is 5. The van der Waals surface area contributed by atoms with Crippen LogP contribution in [-0.2, 0) is 0 Å². The molecule has 18 rings (SSSR count). The third-order valence-electron chi connectivity index (χ3n) is 21.5. The van der Waals surface area contributed by atoms with Crippen molar-refractivity contribution in [2.75, 3.05) is 0 Å². The lowest BCUT2D eigenvalue weighted by Crippen LogP contribution is -1.95. The minimum atomic E-state index is -0.783. The zero-order chi connectivity index (χ0) is 91.9. The maximum Gasteiger partial charge on any atom is 0.224 e. The summed E-state index contributed by atoms with van der Waals surface area (Å²) in [6.07, 6.45) is 5.27. The molecule has 18 aromatic rings. The molecule has 0 aromatic heterocycles. The molecule has 0 aliphatic heterocycles. The van der Waals surface area contributed by atoms with Gasteiger partial charge in [0.1, 0.15) is 59.4 Å². The number of hydrogen-bond acceptors (Lipinski definition) is 5. The van der Waals surface area contributed by atoms with Crippen molar-refractivity contribution in [3.63, 3.8) is 0 Å². The highest BCUT2D eigenvalue weighted by atomic mass is 19.1. The van der Waals surface area contributed by atoms with Crippen LogP contribution in [0.3, 0.4) is 0 Å². The van der Waals surface area contributed by atoms with Gasteiger partial charge >= 0.3 is 0 Å². The molecule has 0 spiro atoms. The molecule has 0 saturated heterocycles. The average Bonchev–Trinajstić information content (AvgIpc) is 0.759. The van der Waals surface area contributed by atoms with Crippen molar-refractivity contribution in [2.24, 2.45) is 0 Å². The smallest absolute Gasteiger partial charge is 0.224 e. The highest BCUT2D eigenvalue weighted by Crippen LogP contribution is 2.48. The molecular weight excluding hydrogens is 1630 g/mol. The Balaban J connectivity index is 0.000000134. The van der Waals surface area contributed by atoms with Gasteiger partial charge in [0.2, 0.25) is 28.4 Å². The van der Waals surface area contributed by atoms with E-state index in [1.54, 1.807) is 48.5 Å². The monoisotopic (exact) mass is 1690 g/mol. The standard InChI is InChI=1S/C32H19FN2.C26H15FN2.C24H13FN2.C18H9FN2.C16H7FN2/c1-35-30-20-26(17-27(21-34)32(30)33)31-28(23-13-7-3-8-14-23)18-25(22-11-5-2-6-12-22)19-29(31)24-15-9-4-10-16-24;1-29-24-16-20(15-21(17-28)26(24)27)25-22(18-9-4-2-5-10-18)13-8-14-23(25)19-11-6-3-7-12-19;1-27-23-14-17(13-18(15-26)24(23)25)20-10-4-5-11-21(20)22-12-6-8-16-7-2-3-9-19(16)22;1-21-17-10-15(9-16(11-20)18(17)19)14-7-6-12-4-2-3-5-13(12)8-14;1-3-11-4-6-12(7-5-11)13-8-14(10-18)16(17)15(9-13)19-2/h2-20H;2-16H;2-14H;2-10H;1,4-9H. The van der Waals surface area contributed by atoms with Gasteiger partial charge < -0.3 is 0 Å². The summed E-state index contributed by atoms with van der Waals surface area (Å²) in [5.74, 6) is -1.35. The van der Waals surface area contributed by atoms with Gasteiger partial charge in [-0.1, -0.05) is 291 Å². The van der Waals surface area contributed by atoms with E-state index in [0.717, 1.165) is 122 Å². The molecule has 0 heterocycles. The van der Waals surface area contributed by atoms with Gasteiger partial charge in [0.05, 0.1) is 60.7 Å². The molecule has 0 N–H and O–H groups in total. The summed E-state index contributed by atoms with van der Waals surface area (Å²) < 4.78 is 70.6. The molecule has 0 saturated carbocycles. The summed E-state index contributed by atoms with van der Waals surface area (Å²) in [5, 5.41) is 50.5. The minimum Gasteiger partial charge on any atom is -0.235 e. The van der Waals surface area contributed by atoms with Crippen molar-refractivity contribution in [1.29, 1.82) is 26.3 Å². The van der Waals surface area contributed by atoms with E-state index in [4.69, 9.17) is 49.8 Å². The first kappa shape index (κ1) is 87.9. The Kier molecular flexibility index (Phi) is 27.6. The first-order chi connectivity index (χ1) is 64.1. The summed E-state index contributed by atoms with van der Waals surface area (Å²) in [6.45, 7) is 36.0. The van der Waals surface area contributed by atoms with Gasteiger partial charge in [0, 0.05) is 5.56 Å². The van der Waals surface area contributed by atoms with Gasteiger partial charge in [0.15, 0.2) is 0 Å². The summed E-state index contributed by atoms with van der Waals surface area (Å²) in [6, 6.07) is 127. The van der Waals surface area contributed by atoms with Crippen molar-refractivity contribution >= 4 is 50.0 Å². The fraction of sp³-hybridized carbons (Fsp3) is 0. The third-order valence-corrected chi connectivity index (χ3v) is 21.5. The molecule has 0 bridgehead atoms. The van der Waals surface area contributed by atoms with Crippen LogP contribution in [0.2, 0.25) is 0 Å². The second-order valence-corrected chi connectivity index (χ2v) is 29.3. The molecule has 0 unspecified atom stereocenters. The molecule has 612 valence electrons. The lowest BCUT2D eigenvalue weighted by Gasteiger charge is -2.19. The minimum absolute atomic E-state index is 0.105. The number of halogens is 5. The second-order valence-electron chi connectivity index (χ2n) is 29.3. The van der Waals surface area contributed by atoms with Crippen molar-refractivity contribution in [2.45, 2.75) is 0 Å². The lowest BCUT2D eigenvalue weighted by atomic mass is 9.84. The number of terminal acetylenes is 1. The predicted molar refractivity (Wildman–Crippen MR) is 510 cm³/mol. The summed E-state index contributed by atoms with van der Waals surface area (Å²) in [5.41, 5.74) is 18.7. The number of rotatable bonds is 11. The molecular formula is C116H63F5N10. The van der Waals surface area contributed by atoms with E-state index >= 15 is 0 Å². The van der Waals surface area contributed by atoms with Crippen molar-refractivity contribution in [3.8, 4) is 165 Å². The Morgan fingerprint density at radius 1 is 0.206 bits per heavy atom. The van der Waals surface area contributed by atoms with Gasteiger partial charge in [0.25, 0.3) is 0 Å². The number of fused-ring (bicyclic) bond motifs is 2. The summed E-state index contributed by atoms with van der Waals surface area (Å²) in [4.78, 5) is 16.1. The van der Waals surface area contributed by atoms with E-state index in [9.17, 15) is 37.7 Å². The van der Waals surface area contributed by atoms with E-state index in [2.05, 4.69) is 72.6 Å². The van der Waals surface area contributed by atoms with Crippen molar-refractivity contribution in [1.82, 2.24) is 0 Å². The first-order valence-electron chi connectivity index (χ1n) is 40.3. The van der Waals surface area contributed by atoms with Gasteiger partial charge in [-0.15, -0.1) is 6.42 Å². The van der Waals surface area contributed by atoms with Crippen LogP contribution in [0.5, 0.6) is 0 Å². The van der Waals surface area contributed by atoms with Crippen LogP contribution in [0, 0.1) is 131 Å². The maximum atomic E-state index is 14.7. The van der Waals surface area contributed by atoms with Gasteiger partial charge in [-0.25, -0.2) is 46.2 Å².